The molecule has 1 aromatic heterocycles. The molecule has 2 heterocycles. The lowest BCUT2D eigenvalue weighted by Gasteiger charge is -2.29. The van der Waals surface area contributed by atoms with Crippen LogP contribution in [0.15, 0.2) is 47.0 Å². The number of ether oxygens (including phenoxy) is 1. The second-order valence-corrected chi connectivity index (χ2v) is 10.1. The summed E-state index contributed by atoms with van der Waals surface area (Å²) in [4.78, 5) is 27.6. The van der Waals surface area contributed by atoms with Crippen molar-refractivity contribution in [1.82, 2.24) is 5.16 Å². The molecular weight excluding hydrogens is 478 g/mol. The van der Waals surface area contributed by atoms with E-state index in [0.29, 0.717) is 28.0 Å². The van der Waals surface area contributed by atoms with Crippen molar-refractivity contribution >= 4 is 45.5 Å². The zero-order valence-electron chi connectivity index (χ0n) is 18.8. The second kappa shape index (κ2) is 10.4. The van der Waals surface area contributed by atoms with Crippen molar-refractivity contribution in [1.29, 1.82) is 0 Å². The summed E-state index contributed by atoms with van der Waals surface area (Å²) in [5, 5.41) is 6.95. The molecule has 1 N–H and O–H groups in total. The number of benzene rings is 2. The molecule has 3 aromatic rings. The van der Waals surface area contributed by atoms with Crippen molar-refractivity contribution in [3.8, 4) is 5.75 Å². The highest BCUT2D eigenvalue weighted by molar-refractivity contribution is 7.85. The van der Waals surface area contributed by atoms with E-state index in [1.807, 2.05) is 25.1 Å². The highest BCUT2D eigenvalue weighted by atomic mass is 35.5. The minimum Gasteiger partial charge on any atom is -0.483 e. The second-order valence-electron chi connectivity index (χ2n) is 7.96. The fourth-order valence-electron chi connectivity index (χ4n) is 3.63. The highest BCUT2D eigenvalue weighted by Gasteiger charge is 2.20. The Kier molecular flexibility index (Phi) is 7.33. The van der Waals surface area contributed by atoms with Crippen LogP contribution in [0, 0.1) is 13.8 Å². The van der Waals surface area contributed by atoms with Crippen molar-refractivity contribution in [3.05, 3.63) is 70.1 Å². The van der Waals surface area contributed by atoms with Gasteiger partial charge in [-0.15, -0.1) is 0 Å². The van der Waals surface area contributed by atoms with Gasteiger partial charge in [-0.05, 0) is 55.8 Å². The number of carbonyl (C=O) groups excluding carboxylic acids is 2. The maximum absolute atomic E-state index is 12.8. The summed E-state index contributed by atoms with van der Waals surface area (Å²) in [5.74, 6) is 1.28. The minimum absolute atomic E-state index is 0.129. The number of amides is 1. The first-order chi connectivity index (χ1) is 16.3. The number of carbonyl (C=O) groups is 2. The summed E-state index contributed by atoms with van der Waals surface area (Å²) in [6.07, 6.45) is 0. The average molecular weight is 502 g/mol. The van der Waals surface area contributed by atoms with Crippen LogP contribution >= 0.6 is 11.6 Å². The van der Waals surface area contributed by atoms with Crippen LogP contribution in [0.2, 0.25) is 5.02 Å². The molecule has 4 rings (SSSR count). The molecule has 34 heavy (non-hydrogen) atoms. The molecule has 0 bridgehead atoms. The van der Waals surface area contributed by atoms with Crippen LogP contribution in [0.1, 0.15) is 27.4 Å². The molecule has 0 unspecified atom stereocenters. The third-order valence-electron chi connectivity index (χ3n) is 5.43. The van der Waals surface area contributed by atoms with E-state index in [4.69, 9.17) is 20.9 Å². The first kappa shape index (κ1) is 24.0. The molecule has 0 spiro atoms. The number of hydrogen-bond donors (Lipinski definition) is 1. The van der Waals surface area contributed by atoms with Gasteiger partial charge in [0.2, 0.25) is 5.78 Å². The fraction of sp³-hybridized carbons (Fsp3) is 0.292. The summed E-state index contributed by atoms with van der Waals surface area (Å²) in [6.45, 7) is 4.81. The van der Waals surface area contributed by atoms with Crippen molar-refractivity contribution in [2.45, 2.75) is 13.8 Å². The van der Waals surface area contributed by atoms with E-state index in [2.05, 4.69) is 15.4 Å². The third-order valence-corrected chi connectivity index (χ3v) is 6.94. The summed E-state index contributed by atoms with van der Waals surface area (Å²) in [5.41, 5.74) is 2.93. The van der Waals surface area contributed by atoms with Gasteiger partial charge in [-0.1, -0.05) is 16.8 Å². The lowest BCUT2D eigenvalue weighted by atomic mass is 10.1. The zero-order valence-corrected chi connectivity index (χ0v) is 20.4. The lowest BCUT2D eigenvalue weighted by molar-refractivity contribution is -0.118. The molecule has 1 aliphatic rings. The van der Waals surface area contributed by atoms with Crippen molar-refractivity contribution in [2.24, 2.45) is 0 Å². The molecule has 8 nitrogen and oxygen atoms in total. The number of halogens is 1. The van der Waals surface area contributed by atoms with Crippen LogP contribution in [0.3, 0.4) is 0 Å². The SMILES string of the molecule is Cc1cc(C(=O)c2cc(Cl)ccc2OCC(=O)Nc2ccc(N3CCS(=O)CC3)cc2C)no1. The maximum Gasteiger partial charge on any atom is 0.262 e. The summed E-state index contributed by atoms with van der Waals surface area (Å²) >= 11 is 6.07. The van der Waals surface area contributed by atoms with Gasteiger partial charge in [-0.25, -0.2) is 0 Å². The van der Waals surface area contributed by atoms with Crippen LogP contribution in [0.5, 0.6) is 5.75 Å². The van der Waals surface area contributed by atoms with Gasteiger partial charge in [-0.2, -0.15) is 0 Å². The quantitative estimate of drug-likeness (QED) is 0.492. The molecule has 2 aromatic carbocycles. The number of rotatable bonds is 7. The van der Waals surface area contributed by atoms with Crippen LogP contribution in [0.4, 0.5) is 11.4 Å². The van der Waals surface area contributed by atoms with Crippen LogP contribution < -0.4 is 15.0 Å². The average Bonchev–Trinajstić information content (AvgIpc) is 3.26. The number of aryl methyl sites for hydroxylation is 2. The summed E-state index contributed by atoms with van der Waals surface area (Å²) < 4.78 is 22.2. The Balaban J connectivity index is 1.41. The number of ketones is 1. The molecule has 0 atom stereocenters. The first-order valence-electron chi connectivity index (χ1n) is 10.7. The molecule has 0 aliphatic carbocycles. The van der Waals surface area contributed by atoms with Crippen LogP contribution in [-0.2, 0) is 15.6 Å². The highest BCUT2D eigenvalue weighted by Crippen LogP contribution is 2.27. The van der Waals surface area contributed by atoms with Gasteiger partial charge in [0, 0.05) is 57.9 Å². The largest absolute Gasteiger partial charge is 0.483 e. The Morgan fingerprint density at radius 2 is 1.91 bits per heavy atom. The Morgan fingerprint density at radius 1 is 1.15 bits per heavy atom. The van der Waals surface area contributed by atoms with Gasteiger partial charge in [0.25, 0.3) is 5.91 Å². The van der Waals surface area contributed by atoms with Crippen molar-refractivity contribution < 1.29 is 23.1 Å². The van der Waals surface area contributed by atoms with Gasteiger partial charge in [0.05, 0.1) is 5.56 Å². The van der Waals surface area contributed by atoms with Gasteiger partial charge >= 0.3 is 0 Å². The molecule has 0 radical (unpaired) electrons. The zero-order chi connectivity index (χ0) is 24.2. The van der Waals surface area contributed by atoms with E-state index in [1.165, 1.54) is 12.1 Å². The molecule has 1 amide bonds. The predicted molar refractivity (Wildman–Crippen MR) is 132 cm³/mol. The normalized spacial score (nSPS) is 14.1. The molecule has 10 heteroatoms. The van der Waals surface area contributed by atoms with Crippen molar-refractivity contribution in [2.75, 3.05) is 41.4 Å². The molecule has 1 aliphatic heterocycles. The topological polar surface area (TPSA) is 102 Å². The van der Waals surface area contributed by atoms with Gasteiger partial charge in [-0.3, -0.25) is 13.8 Å². The van der Waals surface area contributed by atoms with Crippen LogP contribution in [0.25, 0.3) is 0 Å². The monoisotopic (exact) mass is 501 g/mol. The number of aromatic nitrogens is 1. The molecule has 178 valence electrons. The smallest absolute Gasteiger partial charge is 0.262 e. The molecule has 1 saturated heterocycles. The molecule has 1 fully saturated rings. The van der Waals surface area contributed by atoms with E-state index in [9.17, 15) is 13.8 Å². The van der Waals surface area contributed by atoms with Crippen LogP contribution in [-0.4, -0.2) is 52.3 Å². The van der Waals surface area contributed by atoms with E-state index in [-0.39, 0.29) is 29.5 Å². The number of anilines is 2. The number of nitrogens with zero attached hydrogens (tertiary/aromatic N) is 2. The van der Waals surface area contributed by atoms with Gasteiger partial charge < -0.3 is 19.5 Å². The Hall–Kier alpha value is -3.17. The summed E-state index contributed by atoms with van der Waals surface area (Å²) in [6, 6.07) is 11.9. The predicted octanol–water partition coefficient (Wildman–Crippen LogP) is 3.76. The Morgan fingerprint density at radius 3 is 2.59 bits per heavy atom. The number of nitrogens with one attached hydrogen (secondary N) is 1. The fourth-order valence-corrected chi connectivity index (χ4v) is 4.85. The lowest BCUT2D eigenvalue weighted by Crippen LogP contribution is -2.37. The van der Waals surface area contributed by atoms with E-state index in [0.717, 1.165) is 24.3 Å². The minimum atomic E-state index is -0.736. The van der Waals surface area contributed by atoms with E-state index < -0.39 is 16.6 Å². The van der Waals surface area contributed by atoms with Gasteiger partial charge in [0.1, 0.15) is 11.5 Å². The third kappa shape index (κ3) is 5.66. The van der Waals surface area contributed by atoms with E-state index in [1.54, 1.807) is 19.1 Å². The Bertz CT molecular complexity index is 1250. The maximum atomic E-state index is 12.8. The Labute approximate surface area is 204 Å². The van der Waals surface area contributed by atoms with Crippen molar-refractivity contribution in [3.63, 3.8) is 0 Å². The molecular formula is C24H24ClN3O5S. The van der Waals surface area contributed by atoms with E-state index >= 15 is 0 Å². The first-order valence-corrected chi connectivity index (χ1v) is 12.6. The van der Waals surface area contributed by atoms with Gasteiger partial charge in [0.15, 0.2) is 12.3 Å². The summed E-state index contributed by atoms with van der Waals surface area (Å²) in [7, 11) is -0.736. The number of hydrogen-bond acceptors (Lipinski definition) is 7. The standard InChI is InChI=1S/C24H24ClN3O5S/c1-15-11-18(28-7-9-34(31)10-8-28)4-5-20(15)26-23(29)14-32-22-6-3-17(25)13-19(22)24(30)21-12-16(2)33-27-21/h3-6,11-13H,7-10,14H2,1-2H3,(H,26,29). The molecule has 0 saturated carbocycles.